The lowest BCUT2D eigenvalue weighted by molar-refractivity contribution is -0.142. The Morgan fingerprint density at radius 1 is 1.06 bits per heavy atom. The number of hydrogen-bond acceptors (Lipinski definition) is 5. The molecule has 5 rings (SSSR count). The van der Waals surface area contributed by atoms with Crippen LogP contribution in [0, 0.1) is 11.8 Å². The maximum Gasteiger partial charge on any atom is 0.412 e. The molecule has 2 atom stereocenters. The standard InChI is InChI=1S/C26H26N4O5/c1-15-12-30(13-20(15)25(32)33)24(31)22-11-23(29(2)28-22)27-26(34)35-14-21-18-9-5-3-7-16(18)17-8-4-6-10-19(17)21/h3-11,15,20-21H,12-14H2,1-2H3,(H,27,34)(H,32,33). The number of amides is 2. The van der Waals surface area contributed by atoms with Gasteiger partial charge in [0.15, 0.2) is 5.69 Å². The number of aliphatic carboxylic acids is 1. The van der Waals surface area contributed by atoms with Gasteiger partial charge in [-0.3, -0.25) is 19.6 Å². The molecule has 1 fully saturated rings. The number of carboxylic acid groups (broad SMARTS) is 1. The van der Waals surface area contributed by atoms with Crippen molar-refractivity contribution >= 4 is 23.8 Å². The Bertz CT molecular complexity index is 1270. The Morgan fingerprint density at radius 2 is 1.69 bits per heavy atom. The highest BCUT2D eigenvalue weighted by Gasteiger charge is 2.38. The van der Waals surface area contributed by atoms with Gasteiger partial charge in [-0.05, 0) is 28.2 Å². The largest absolute Gasteiger partial charge is 0.481 e. The fourth-order valence-electron chi connectivity index (χ4n) is 5.04. The minimum atomic E-state index is -0.911. The molecular weight excluding hydrogens is 448 g/mol. The van der Waals surface area contributed by atoms with E-state index in [9.17, 15) is 19.5 Å². The minimum absolute atomic E-state index is 0.0591. The zero-order valence-electron chi connectivity index (χ0n) is 19.5. The van der Waals surface area contributed by atoms with E-state index in [-0.39, 0.29) is 36.6 Å². The highest BCUT2D eigenvalue weighted by atomic mass is 16.5. The summed E-state index contributed by atoms with van der Waals surface area (Å²) in [5.74, 6) is -1.76. The Morgan fingerprint density at radius 3 is 2.29 bits per heavy atom. The second-order valence-corrected chi connectivity index (χ2v) is 9.12. The first-order chi connectivity index (χ1) is 16.8. The van der Waals surface area contributed by atoms with E-state index in [0.29, 0.717) is 12.4 Å². The maximum absolute atomic E-state index is 12.9. The second kappa shape index (κ2) is 8.90. The van der Waals surface area contributed by atoms with E-state index in [1.165, 1.54) is 15.6 Å². The number of rotatable bonds is 5. The number of ether oxygens (including phenoxy) is 1. The molecule has 0 saturated carbocycles. The van der Waals surface area contributed by atoms with Crippen molar-refractivity contribution in [2.75, 3.05) is 25.0 Å². The highest BCUT2D eigenvalue weighted by Crippen LogP contribution is 2.44. The molecule has 0 spiro atoms. The van der Waals surface area contributed by atoms with Crippen molar-refractivity contribution < 1.29 is 24.2 Å². The van der Waals surface area contributed by atoms with Crippen molar-refractivity contribution in [3.63, 3.8) is 0 Å². The van der Waals surface area contributed by atoms with Crippen molar-refractivity contribution in [3.8, 4) is 11.1 Å². The quantitative estimate of drug-likeness (QED) is 0.584. The van der Waals surface area contributed by atoms with Crippen molar-refractivity contribution in [3.05, 3.63) is 71.4 Å². The summed E-state index contributed by atoms with van der Waals surface area (Å²) in [5.41, 5.74) is 4.67. The fraction of sp³-hybridized carbons (Fsp3) is 0.308. The molecule has 35 heavy (non-hydrogen) atoms. The number of fused-ring (bicyclic) bond motifs is 3. The van der Waals surface area contributed by atoms with Crippen LogP contribution in [0.15, 0.2) is 54.6 Å². The first-order valence-electron chi connectivity index (χ1n) is 11.5. The van der Waals surface area contributed by atoms with Crippen molar-refractivity contribution in [2.45, 2.75) is 12.8 Å². The topological polar surface area (TPSA) is 114 Å². The third-order valence-electron chi connectivity index (χ3n) is 6.89. The maximum atomic E-state index is 12.9. The van der Waals surface area contributed by atoms with Crippen LogP contribution in [0.1, 0.15) is 34.5 Å². The molecule has 2 heterocycles. The average molecular weight is 475 g/mol. The third-order valence-corrected chi connectivity index (χ3v) is 6.89. The van der Waals surface area contributed by atoms with E-state index in [2.05, 4.69) is 22.5 Å². The SMILES string of the molecule is CC1CN(C(=O)c2cc(NC(=O)OCC3c4ccccc4-c4ccccc43)n(C)n2)CC1C(=O)O. The third kappa shape index (κ3) is 4.14. The summed E-state index contributed by atoms with van der Waals surface area (Å²) in [5, 5.41) is 16.2. The van der Waals surface area contributed by atoms with Gasteiger partial charge in [-0.2, -0.15) is 5.10 Å². The summed E-state index contributed by atoms with van der Waals surface area (Å²) in [7, 11) is 1.61. The summed E-state index contributed by atoms with van der Waals surface area (Å²) < 4.78 is 6.96. The molecule has 1 aromatic heterocycles. The molecule has 1 aliphatic heterocycles. The Hall–Kier alpha value is -4.14. The summed E-state index contributed by atoms with van der Waals surface area (Å²) in [4.78, 5) is 38.3. The zero-order chi connectivity index (χ0) is 24.7. The van der Waals surface area contributed by atoms with Gasteiger partial charge in [0.25, 0.3) is 5.91 Å². The van der Waals surface area contributed by atoms with Gasteiger partial charge in [0.05, 0.1) is 5.92 Å². The van der Waals surface area contributed by atoms with E-state index in [4.69, 9.17) is 4.74 Å². The molecular formula is C26H26N4O5. The number of benzene rings is 2. The number of carbonyl (C=O) groups excluding carboxylic acids is 2. The van der Waals surface area contributed by atoms with E-state index >= 15 is 0 Å². The van der Waals surface area contributed by atoms with Gasteiger partial charge in [-0.25, -0.2) is 4.79 Å². The number of nitrogens with one attached hydrogen (secondary N) is 1. The van der Waals surface area contributed by atoms with Gasteiger partial charge in [0, 0.05) is 32.1 Å². The molecule has 9 heteroatoms. The second-order valence-electron chi connectivity index (χ2n) is 9.12. The van der Waals surface area contributed by atoms with Crippen molar-refractivity contribution in [1.82, 2.24) is 14.7 Å². The van der Waals surface area contributed by atoms with E-state index in [1.54, 1.807) is 7.05 Å². The van der Waals surface area contributed by atoms with Crippen LogP contribution < -0.4 is 5.32 Å². The number of nitrogens with zero attached hydrogens (tertiary/aromatic N) is 3. The molecule has 1 saturated heterocycles. The van der Waals surface area contributed by atoms with Crippen LogP contribution in [-0.2, 0) is 16.6 Å². The van der Waals surface area contributed by atoms with E-state index < -0.39 is 18.0 Å². The number of aromatic nitrogens is 2. The van der Waals surface area contributed by atoms with Crippen LogP contribution in [0.25, 0.3) is 11.1 Å². The number of carboxylic acids is 1. The van der Waals surface area contributed by atoms with Crippen LogP contribution in [0.5, 0.6) is 0 Å². The van der Waals surface area contributed by atoms with E-state index in [0.717, 1.165) is 22.3 Å². The fourth-order valence-corrected chi connectivity index (χ4v) is 5.04. The number of likely N-dealkylation sites (tertiary alicyclic amines) is 1. The molecule has 3 aromatic rings. The summed E-state index contributed by atoms with van der Waals surface area (Å²) in [6.45, 7) is 2.48. The zero-order valence-corrected chi connectivity index (χ0v) is 19.5. The predicted octanol–water partition coefficient (Wildman–Crippen LogP) is 3.57. The molecule has 2 N–H and O–H groups in total. The van der Waals surface area contributed by atoms with E-state index in [1.807, 2.05) is 43.3 Å². The molecule has 1 aliphatic carbocycles. The normalized spacial score (nSPS) is 18.7. The molecule has 9 nitrogen and oxygen atoms in total. The van der Waals surface area contributed by atoms with Gasteiger partial charge in [0.2, 0.25) is 0 Å². The van der Waals surface area contributed by atoms with Crippen LogP contribution in [0.4, 0.5) is 10.6 Å². The van der Waals surface area contributed by atoms with Crippen LogP contribution in [-0.4, -0.2) is 57.5 Å². The number of anilines is 1. The summed E-state index contributed by atoms with van der Waals surface area (Å²) in [6, 6.07) is 17.7. The lowest BCUT2D eigenvalue weighted by atomic mass is 9.98. The monoisotopic (exact) mass is 474 g/mol. The molecule has 180 valence electrons. The summed E-state index contributed by atoms with van der Waals surface area (Å²) in [6.07, 6.45) is -0.644. The number of carbonyl (C=O) groups is 3. The van der Waals surface area contributed by atoms with Crippen LogP contribution >= 0.6 is 0 Å². The van der Waals surface area contributed by atoms with Crippen molar-refractivity contribution in [2.24, 2.45) is 18.9 Å². The molecule has 0 radical (unpaired) electrons. The van der Waals surface area contributed by atoms with Gasteiger partial charge in [-0.1, -0.05) is 55.5 Å². The molecule has 2 unspecified atom stereocenters. The number of hydrogen-bond donors (Lipinski definition) is 2. The molecule has 2 amide bonds. The highest BCUT2D eigenvalue weighted by molar-refractivity contribution is 5.95. The van der Waals surface area contributed by atoms with Crippen molar-refractivity contribution in [1.29, 1.82) is 0 Å². The lowest BCUT2D eigenvalue weighted by Crippen LogP contribution is -2.30. The smallest absolute Gasteiger partial charge is 0.412 e. The van der Waals surface area contributed by atoms with Crippen LogP contribution in [0.2, 0.25) is 0 Å². The molecule has 2 aromatic carbocycles. The molecule has 0 bridgehead atoms. The first kappa shape index (κ1) is 22.6. The Labute approximate surface area is 202 Å². The van der Waals surface area contributed by atoms with Crippen LogP contribution in [0.3, 0.4) is 0 Å². The Balaban J connectivity index is 1.24. The van der Waals surface area contributed by atoms with Gasteiger partial charge >= 0.3 is 12.1 Å². The summed E-state index contributed by atoms with van der Waals surface area (Å²) >= 11 is 0. The number of aryl methyl sites for hydroxylation is 1. The lowest BCUT2D eigenvalue weighted by Gasteiger charge is -2.14. The predicted molar refractivity (Wildman–Crippen MR) is 128 cm³/mol. The Kier molecular flexibility index (Phi) is 5.76. The first-order valence-corrected chi connectivity index (χ1v) is 11.5. The minimum Gasteiger partial charge on any atom is -0.481 e. The molecule has 2 aliphatic rings. The average Bonchev–Trinajstić information content (AvgIpc) is 3.51. The van der Waals surface area contributed by atoms with Gasteiger partial charge in [0.1, 0.15) is 12.4 Å². The van der Waals surface area contributed by atoms with Gasteiger partial charge < -0.3 is 14.7 Å². The van der Waals surface area contributed by atoms with Gasteiger partial charge in [-0.15, -0.1) is 0 Å².